The predicted molar refractivity (Wildman–Crippen MR) is 59.0 cm³/mol. The molecular formula is C12H19NO. The Labute approximate surface area is 86.1 Å². The van der Waals surface area contributed by atoms with Gasteiger partial charge in [0.05, 0.1) is 6.61 Å². The molecule has 0 aliphatic carbocycles. The third-order valence-corrected chi connectivity index (χ3v) is 2.10. The van der Waals surface area contributed by atoms with Crippen molar-refractivity contribution in [2.45, 2.75) is 25.9 Å². The van der Waals surface area contributed by atoms with Gasteiger partial charge in [-0.15, -0.1) is 0 Å². The van der Waals surface area contributed by atoms with E-state index in [9.17, 15) is 0 Å². The monoisotopic (exact) mass is 193 g/mol. The zero-order chi connectivity index (χ0) is 10.1. The molecule has 0 bridgehead atoms. The normalized spacial score (nSPS) is 10.4. The standard InChI is InChI=1S/C12H19NO/c13-9-5-2-6-10-14-11-12-7-3-1-4-8-12/h1,3-4,7-8H,2,5-6,9-11,13H2. The summed E-state index contributed by atoms with van der Waals surface area (Å²) in [4.78, 5) is 0. The first kappa shape index (κ1) is 11.2. The molecule has 14 heavy (non-hydrogen) atoms. The highest BCUT2D eigenvalue weighted by molar-refractivity contribution is 5.13. The van der Waals surface area contributed by atoms with Crippen molar-refractivity contribution < 1.29 is 4.74 Å². The highest BCUT2D eigenvalue weighted by atomic mass is 16.5. The molecule has 0 spiro atoms. The van der Waals surface area contributed by atoms with E-state index in [0.29, 0.717) is 0 Å². The number of benzene rings is 1. The SMILES string of the molecule is NCCCCCOCc1ccccc1. The fourth-order valence-electron chi connectivity index (χ4n) is 1.29. The second-order valence-electron chi connectivity index (χ2n) is 3.39. The molecular weight excluding hydrogens is 174 g/mol. The molecule has 0 amide bonds. The van der Waals surface area contributed by atoms with Crippen LogP contribution in [0.4, 0.5) is 0 Å². The maximum Gasteiger partial charge on any atom is 0.0716 e. The summed E-state index contributed by atoms with van der Waals surface area (Å²) in [6.45, 7) is 2.36. The predicted octanol–water partition coefficient (Wildman–Crippen LogP) is 2.33. The van der Waals surface area contributed by atoms with Crippen LogP contribution >= 0.6 is 0 Å². The quantitative estimate of drug-likeness (QED) is 0.674. The van der Waals surface area contributed by atoms with Gasteiger partial charge in [0.15, 0.2) is 0 Å². The Morgan fingerprint density at radius 1 is 1.00 bits per heavy atom. The molecule has 0 saturated carbocycles. The van der Waals surface area contributed by atoms with Crippen LogP contribution in [-0.2, 0) is 11.3 Å². The lowest BCUT2D eigenvalue weighted by molar-refractivity contribution is 0.117. The van der Waals surface area contributed by atoms with E-state index in [4.69, 9.17) is 10.5 Å². The highest BCUT2D eigenvalue weighted by Gasteiger charge is 1.91. The smallest absolute Gasteiger partial charge is 0.0716 e. The van der Waals surface area contributed by atoms with Crippen molar-refractivity contribution in [3.8, 4) is 0 Å². The fourth-order valence-corrected chi connectivity index (χ4v) is 1.29. The topological polar surface area (TPSA) is 35.2 Å². The molecule has 0 atom stereocenters. The Hall–Kier alpha value is -0.860. The molecule has 2 N–H and O–H groups in total. The minimum Gasteiger partial charge on any atom is -0.377 e. The van der Waals surface area contributed by atoms with Crippen LogP contribution in [0.5, 0.6) is 0 Å². The van der Waals surface area contributed by atoms with Gasteiger partial charge in [-0.25, -0.2) is 0 Å². The van der Waals surface area contributed by atoms with Crippen LogP contribution in [0.2, 0.25) is 0 Å². The molecule has 0 fully saturated rings. The lowest BCUT2D eigenvalue weighted by Crippen LogP contribution is -2.00. The summed E-state index contributed by atoms with van der Waals surface area (Å²) in [5, 5.41) is 0. The van der Waals surface area contributed by atoms with Crippen LogP contribution in [0.1, 0.15) is 24.8 Å². The van der Waals surface area contributed by atoms with Crippen molar-refractivity contribution >= 4 is 0 Å². The van der Waals surface area contributed by atoms with Crippen molar-refractivity contribution in [1.82, 2.24) is 0 Å². The number of hydrogen-bond donors (Lipinski definition) is 1. The summed E-state index contributed by atoms with van der Waals surface area (Å²) < 4.78 is 5.53. The molecule has 0 aliphatic rings. The molecule has 0 radical (unpaired) electrons. The zero-order valence-corrected chi connectivity index (χ0v) is 8.61. The maximum atomic E-state index is 5.53. The van der Waals surface area contributed by atoms with Crippen LogP contribution in [-0.4, -0.2) is 13.2 Å². The van der Waals surface area contributed by atoms with Gasteiger partial charge in [0, 0.05) is 6.61 Å². The average Bonchev–Trinajstić information content (AvgIpc) is 2.25. The van der Waals surface area contributed by atoms with Gasteiger partial charge >= 0.3 is 0 Å². The number of ether oxygens (including phenoxy) is 1. The van der Waals surface area contributed by atoms with E-state index in [1.54, 1.807) is 0 Å². The maximum absolute atomic E-state index is 5.53. The van der Waals surface area contributed by atoms with Crippen LogP contribution < -0.4 is 5.73 Å². The third-order valence-electron chi connectivity index (χ3n) is 2.10. The molecule has 1 rings (SSSR count). The Morgan fingerprint density at radius 2 is 1.79 bits per heavy atom. The van der Waals surface area contributed by atoms with Crippen molar-refractivity contribution in [2.75, 3.05) is 13.2 Å². The second kappa shape index (κ2) is 7.54. The van der Waals surface area contributed by atoms with E-state index in [1.807, 2.05) is 18.2 Å². The Balaban J connectivity index is 1.99. The summed E-state index contributed by atoms with van der Waals surface area (Å²) in [6, 6.07) is 10.3. The molecule has 0 aromatic heterocycles. The van der Waals surface area contributed by atoms with Gasteiger partial charge in [-0.05, 0) is 31.4 Å². The van der Waals surface area contributed by atoms with Crippen LogP contribution in [0.3, 0.4) is 0 Å². The third kappa shape index (κ3) is 5.00. The van der Waals surface area contributed by atoms with Crippen LogP contribution in [0, 0.1) is 0 Å². The molecule has 78 valence electrons. The van der Waals surface area contributed by atoms with E-state index in [0.717, 1.165) is 32.6 Å². The summed E-state index contributed by atoms with van der Waals surface area (Å²) in [5.74, 6) is 0. The molecule has 1 aromatic carbocycles. The lowest BCUT2D eigenvalue weighted by Gasteiger charge is -2.03. The zero-order valence-electron chi connectivity index (χ0n) is 8.61. The van der Waals surface area contributed by atoms with E-state index in [1.165, 1.54) is 12.0 Å². The van der Waals surface area contributed by atoms with Gasteiger partial charge in [-0.2, -0.15) is 0 Å². The largest absolute Gasteiger partial charge is 0.377 e. The Morgan fingerprint density at radius 3 is 2.50 bits per heavy atom. The summed E-state index contributed by atoms with van der Waals surface area (Å²) in [6.07, 6.45) is 3.39. The van der Waals surface area contributed by atoms with E-state index < -0.39 is 0 Å². The number of rotatable bonds is 7. The van der Waals surface area contributed by atoms with Crippen LogP contribution in [0.15, 0.2) is 30.3 Å². The number of nitrogens with two attached hydrogens (primary N) is 1. The minimum absolute atomic E-state index is 0.726. The second-order valence-corrected chi connectivity index (χ2v) is 3.39. The molecule has 1 aromatic rings. The summed E-state index contributed by atoms with van der Waals surface area (Å²) in [7, 11) is 0. The van der Waals surface area contributed by atoms with E-state index in [-0.39, 0.29) is 0 Å². The average molecular weight is 193 g/mol. The number of hydrogen-bond acceptors (Lipinski definition) is 2. The minimum atomic E-state index is 0.726. The first-order valence-corrected chi connectivity index (χ1v) is 5.25. The van der Waals surface area contributed by atoms with Crippen molar-refractivity contribution in [3.63, 3.8) is 0 Å². The van der Waals surface area contributed by atoms with Crippen molar-refractivity contribution in [2.24, 2.45) is 5.73 Å². The summed E-state index contributed by atoms with van der Waals surface area (Å²) >= 11 is 0. The molecule has 0 unspecified atom stereocenters. The molecule has 2 nitrogen and oxygen atoms in total. The Bertz CT molecular complexity index is 223. The highest BCUT2D eigenvalue weighted by Crippen LogP contribution is 2.01. The molecule has 0 heterocycles. The van der Waals surface area contributed by atoms with Gasteiger partial charge in [0.2, 0.25) is 0 Å². The van der Waals surface area contributed by atoms with E-state index in [2.05, 4.69) is 12.1 Å². The molecule has 0 aliphatic heterocycles. The van der Waals surface area contributed by atoms with Gasteiger partial charge in [-0.1, -0.05) is 30.3 Å². The fraction of sp³-hybridized carbons (Fsp3) is 0.500. The lowest BCUT2D eigenvalue weighted by atomic mass is 10.2. The van der Waals surface area contributed by atoms with Gasteiger partial charge in [-0.3, -0.25) is 0 Å². The summed E-state index contributed by atoms with van der Waals surface area (Å²) in [5.41, 5.74) is 6.64. The first-order valence-electron chi connectivity index (χ1n) is 5.25. The number of unbranched alkanes of at least 4 members (excludes halogenated alkanes) is 2. The first-order chi connectivity index (χ1) is 6.93. The van der Waals surface area contributed by atoms with Gasteiger partial charge in [0.25, 0.3) is 0 Å². The van der Waals surface area contributed by atoms with Gasteiger partial charge in [0.1, 0.15) is 0 Å². The van der Waals surface area contributed by atoms with Crippen LogP contribution in [0.25, 0.3) is 0 Å². The van der Waals surface area contributed by atoms with Crippen molar-refractivity contribution in [3.05, 3.63) is 35.9 Å². The Kier molecular flexibility index (Phi) is 6.04. The van der Waals surface area contributed by atoms with Crippen molar-refractivity contribution in [1.29, 1.82) is 0 Å². The van der Waals surface area contributed by atoms with Gasteiger partial charge < -0.3 is 10.5 Å². The van der Waals surface area contributed by atoms with E-state index >= 15 is 0 Å². The molecule has 0 saturated heterocycles. The molecule has 2 heteroatoms.